The molecule has 5 aromatic rings. The Balaban J connectivity index is 1.04. The van der Waals surface area contributed by atoms with E-state index < -0.39 is 0 Å². The molecule has 4 aliphatic heterocycles. The van der Waals surface area contributed by atoms with E-state index in [1.165, 1.54) is 25.7 Å². The van der Waals surface area contributed by atoms with Crippen molar-refractivity contribution in [3.63, 3.8) is 0 Å². The van der Waals surface area contributed by atoms with Gasteiger partial charge >= 0.3 is 0 Å². The SMILES string of the molecule is Cc1cc(C(=O)N2CC3CC4CC2[SH]43)cc2nc(-c3cc4cccnc4n3CC3CC3)n(CC3CN(C(=O)c4ccccc4)C3)c12. The number of fused-ring (bicyclic) bond motifs is 2. The van der Waals surface area contributed by atoms with Crippen molar-refractivity contribution in [2.24, 2.45) is 11.8 Å². The Morgan fingerprint density at radius 2 is 1.67 bits per heavy atom. The summed E-state index contributed by atoms with van der Waals surface area (Å²) in [7, 11) is 0.0579. The Hall–Kier alpha value is -4.11. The highest BCUT2D eigenvalue weighted by molar-refractivity contribution is 8.21. The van der Waals surface area contributed by atoms with Gasteiger partial charge in [0.25, 0.3) is 11.8 Å². The van der Waals surface area contributed by atoms with E-state index >= 15 is 0 Å². The van der Waals surface area contributed by atoms with Crippen molar-refractivity contribution < 1.29 is 9.59 Å². The van der Waals surface area contributed by atoms with Crippen molar-refractivity contribution in [2.45, 2.75) is 61.6 Å². The van der Waals surface area contributed by atoms with E-state index in [0.29, 0.717) is 17.2 Å². The maximum absolute atomic E-state index is 14.0. The van der Waals surface area contributed by atoms with Gasteiger partial charge in [-0.1, -0.05) is 18.2 Å². The van der Waals surface area contributed by atoms with Crippen LogP contribution in [-0.2, 0) is 13.1 Å². The maximum Gasteiger partial charge on any atom is 0.254 e. The van der Waals surface area contributed by atoms with Gasteiger partial charge in [0.2, 0.25) is 0 Å². The number of benzene rings is 2. The third kappa shape index (κ3) is 4.06. The molecule has 234 valence electrons. The van der Waals surface area contributed by atoms with Crippen molar-refractivity contribution in [1.82, 2.24) is 28.9 Å². The van der Waals surface area contributed by atoms with Gasteiger partial charge in [0, 0.05) is 66.6 Å². The highest BCUT2D eigenvalue weighted by atomic mass is 32.2. The summed E-state index contributed by atoms with van der Waals surface area (Å²) in [6, 6.07) is 20.1. The Bertz CT molecular complexity index is 2060. The van der Waals surface area contributed by atoms with E-state index in [-0.39, 0.29) is 22.7 Å². The summed E-state index contributed by atoms with van der Waals surface area (Å²) in [6.07, 6.45) is 6.92. The van der Waals surface area contributed by atoms with Crippen LogP contribution in [0.1, 0.15) is 52.0 Å². The zero-order valence-electron chi connectivity index (χ0n) is 26.0. The quantitative estimate of drug-likeness (QED) is 0.228. The summed E-state index contributed by atoms with van der Waals surface area (Å²) in [5.41, 5.74) is 6.65. The summed E-state index contributed by atoms with van der Waals surface area (Å²) in [6.45, 7) is 6.21. The predicted octanol–water partition coefficient (Wildman–Crippen LogP) is 5.87. The molecule has 8 nitrogen and oxygen atoms in total. The van der Waals surface area contributed by atoms with Crippen LogP contribution >= 0.6 is 10.9 Å². The number of imidazole rings is 1. The van der Waals surface area contributed by atoms with Gasteiger partial charge in [-0.15, -0.1) is 0 Å². The topological polar surface area (TPSA) is 76.3 Å². The van der Waals surface area contributed by atoms with Crippen LogP contribution in [-0.4, -0.2) is 76.2 Å². The minimum Gasteiger partial charge on any atom is -0.338 e. The molecule has 1 saturated carbocycles. The Morgan fingerprint density at radius 3 is 2.46 bits per heavy atom. The molecule has 1 aliphatic carbocycles. The molecule has 0 bridgehead atoms. The molecule has 5 fully saturated rings. The van der Waals surface area contributed by atoms with Crippen molar-refractivity contribution in [1.29, 1.82) is 0 Å². The molecular formula is C37H38N6O2S. The highest BCUT2D eigenvalue weighted by Gasteiger charge is 2.59. The van der Waals surface area contributed by atoms with Crippen molar-refractivity contribution in [3.05, 3.63) is 83.6 Å². The Labute approximate surface area is 270 Å². The molecule has 46 heavy (non-hydrogen) atoms. The van der Waals surface area contributed by atoms with Gasteiger partial charge in [0.1, 0.15) is 5.65 Å². The number of carbonyl (C=O) groups is 2. The third-order valence-electron chi connectivity index (χ3n) is 11.3. The van der Waals surface area contributed by atoms with Crippen LogP contribution in [0.25, 0.3) is 33.6 Å². The Kier molecular flexibility index (Phi) is 5.85. The van der Waals surface area contributed by atoms with Gasteiger partial charge in [0.15, 0.2) is 5.82 Å². The molecule has 0 N–H and O–H groups in total. The number of pyridine rings is 1. The van der Waals surface area contributed by atoms with Crippen LogP contribution in [0.2, 0.25) is 0 Å². The minimum atomic E-state index is 0.0579. The molecular weight excluding hydrogens is 593 g/mol. The second kappa shape index (κ2) is 9.94. The maximum atomic E-state index is 14.0. The molecule has 4 atom stereocenters. The van der Waals surface area contributed by atoms with E-state index in [0.717, 1.165) is 93.5 Å². The molecule has 7 heterocycles. The number of rotatable bonds is 7. The largest absolute Gasteiger partial charge is 0.338 e. The van der Waals surface area contributed by atoms with Crippen molar-refractivity contribution in [3.8, 4) is 11.5 Å². The lowest BCUT2D eigenvalue weighted by atomic mass is 9.98. The number of hydrogen-bond donors (Lipinski definition) is 1. The molecule has 10 rings (SSSR count). The average Bonchev–Trinajstić information content (AvgIpc) is 3.68. The lowest BCUT2D eigenvalue weighted by Gasteiger charge is -2.56. The van der Waals surface area contributed by atoms with Gasteiger partial charge in [-0.05, 0) is 91.8 Å². The van der Waals surface area contributed by atoms with Gasteiger partial charge in [-0.25, -0.2) is 20.9 Å². The molecule has 2 amide bonds. The Morgan fingerprint density at radius 1 is 0.848 bits per heavy atom. The highest BCUT2D eigenvalue weighted by Crippen LogP contribution is 2.70. The summed E-state index contributed by atoms with van der Waals surface area (Å²) in [4.78, 5) is 41.4. The first-order valence-corrected chi connectivity index (χ1v) is 18.4. The fraction of sp³-hybridized carbons (Fsp3) is 0.405. The van der Waals surface area contributed by atoms with Crippen LogP contribution in [0.4, 0.5) is 0 Å². The normalized spacial score (nSPS) is 25.8. The number of thiol groups is 1. The summed E-state index contributed by atoms with van der Waals surface area (Å²) in [5.74, 6) is 2.20. The second-order valence-corrected chi connectivity index (χ2v) is 17.3. The molecule has 0 radical (unpaired) electrons. The average molecular weight is 631 g/mol. The number of hydrogen-bond acceptors (Lipinski definition) is 4. The van der Waals surface area contributed by atoms with E-state index in [9.17, 15) is 9.59 Å². The zero-order valence-corrected chi connectivity index (χ0v) is 26.9. The summed E-state index contributed by atoms with van der Waals surface area (Å²) < 4.78 is 4.74. The van der Waals surface area contributed by atoms with Gasteiger partial charge in [0.05, 0.1) is 22.1 Å². The summed E-state index contributed by atoms with van der Waals surface area (Å²) in [5, 5.41) is 3.32. The van der Waals surface area contributed by atoms with Gasteiger partial charge < -0.3 is 18.9 Å². The monoisotopic (exact) mass is 630 g/mol. The zero-order chi connectivity index (χ0) is 30.7. The van der Waals surface area contributed by atoms with Crippen LogP contribution in [0.15, 0.2) is 66.9 Å². The first-order chi connectivity index (χ1) is 22.5. The van der Waals surface area contributed by atoms with Crippen molar-refractivity contribution in [2.75, 3.05) is 19.6 Å². The number of aromatic nitrogens is 4. The van der Waals surface area contributed by atoms with Crippen LogP contribution < -0.4 is 0 Å². The first-order valence-electron chi connectivity index (χ1n) is 16.9. The molecule has 0 spiro atoms. The van der Waals surface area contributed by atoms with Crippen molar-refractivity contribution >= 4 is 44.8 Å². The lowest BCUT2D eigenvalue weighted by molar-refractivity contribution is 0.0471. The molecule has 9 heteroatoms. The molecule has 4 unspecified atom stereocenters. The fourth-order valence-corrected chi connectivity index (χ4v) is 12.3. The number of carbonyl (C=O) groups excluding carboxylic acids is 2. The van der Waals surface area contributed by atoms with Crippen LogP contribution in [0.5, 0.6) is 0 Å². The number of amides is 2. The molecule has 3 aromatic heterocycles. The van der Waals surface area contributed by atoms with Gasteiger partial charge in [-0.3, -0.25) is 9.59 Å². The third-order valence-corrected chi connectivity index (χ3v) is 14.9. The minimum absolute atomic E-state index is 0.0579. The van der Waals surface area contributed by atoms with Crippen LogP contribution in [0.3, 0.4) is 0 Å². The van der Waals surface area contributed by atoms with E-state index in [1.54, 1.807) is 0 Å². The second-order valence-electron chi connectivity index (χ2n) is 14.3. The molecule has 2 aromatic carbocycles. The summed E-state index contributed by atoms with van der Waals surface area (Å²) >= 11 is 0. The number of aryl methyl sites for hydroxylation is 1. The predicted molar refractivity (Wildman–Crippen MR) is 182 cm³/mol. The van der Waals surface area contributed by atoms with E-state index in [4.69, 9.17) is 9.97 Å². The number of likely N-dealkylation sites (tertiary alicyclic amines) is 2. The molecule has 4 saturated heterocycles. The smallest absolute Gasteiger partial charge is 0.254 e. The lowest BCUT2D eigenvalue weighted by Crippen LogP contribution is -2.51. The van der Waals surface area contributed by atoms with E-state index in [1.807, 2.05) is 53.6 Å². The fourth-order valence-electron chi connectivity index (χ4n) is 8.70. The first kappa shape index (κ1) is 27.0. The number of nitrogens with zero attached hydrogens (tertiary/aromatic N) is 6. The molecule has 5 aliphatic rings. The van der Waals surface area contributed by atoms with Crippen LogP contribution in [0, 0.1) is 18.8 Å². The standard InChI is InChI=1S/C37H38N6O2S/c1-22-12-27(37(45)42-21-29-15-28-16-32(42)46(28)29)13-30-33(22)43(20-24-17-40(18-24)36(44)25-6-3-2-4-7-25)35(39-30)31-14-26-8-5-11-38-34(26)41(31)19-23-9-10-23/h2-8,11-14,23-24,28-29,32,46H,9-10,15-21H2,1H3. The van der Waals surface area contributed by atoms with Gasteiger partial charge in [-0.2, -0.15) is 0 Å². The van der Waals surface area contributed by atoms with E-state index in [2.05, 4.69) is 39.2 Å².